The number of hydrogen-bond donors (Lipinski definition) is 0. The van der Waals surface area contributed by atoms with Crippen LogP contribution in [0, 0.1) is 0 Å². The predicted octanol–water partition coefficient (Wildman–Crippen LogP) is 27.4. The van der Waals surface area contributed by atoms with Crippen LogP contribution >= 0.6 is 22.7 Å². The standard InChI is InChI=1S/C92H52S2/c1-3-17-63-53(15-1)35-45-79-69-43-39-61(51-85(69)93-91(63)79)89-75-25-11-7-21-71(75)87(72-22-8-12-26-76(72)89)59-34-32-56-30-29-55-31-33-57(47-81(55)82(56)49-59)58-37-41-67-65-19-5-6-20-66(65)68-42-38-60(50-84(68)83(67)48-58)88-73-23-9-13-27-77(73)90(78-28-14-10-24-74(78)88)62-40-44-70-80-46-36-54-16-2-4-18-64(54)92(80)94-86(70)52-62/h1-52H. The molecule has 0 bridgehead atoms. The third kappa shape index (κ3) is 7.61. The van der Waals surface area contributed by atoms with Gasteiger partial charge in [0.2, 0.25) is 0 Å². The van der Waals surface area contributed by atoms with Crippen LogP contribution in [0.4, 0.5) is 0 Å². The Morgan fingerprint density at radius 3 is 0.777 bits per heavy atom. The van der Waals surface area contributed by atoms with E-state index >= 15 is 0 Å². The number of benzene rings is 19. The SMILES string of the molecule is c1ccc2c(c1)ccc1c3ccc(-c4c5ccccc5c(-c5ccc6ccc7ccc(-c8ccc9c%10ccccc%10c%10ccc(-c%11c%12ccccc%12c(-c%12ccc%13c(c%12)sc%12c%14ccccc%14ccc%13%12)c%12ccccc%11%12)cc%10c9c8)cc7c6c5)c5ccccc45)cc3sc21. The quantitative estimate of drug-likeness (QED) is 0.119. The Kier molecular flexibility index (Phi) is 11.1. The highest BCUT2D eigenvalue weighted by Crippen LogP contribution is 2.51. The van der Waals surface area contributed by atoms with Gasteiger partial charge < -0.3 is 0 Å². The van der Waals surface area contributed by atoms with Gasteiger partial charge in [0, 0.05) is 40.3 Å². The molecule has 2 heterocycles. The van der Waals surface area contributed by atoms with Crippen molar-refractivity contribution in [2.75, 3.05) is 0 Å². The van der Waals surface area contributed by atoms with Crippen LogP contribution in [-0.4, -0.2) is 0 Å². The minimum atomic E-state index is 1.20. The first kappa shape index (κ1) is 52.1. The monoisotopic (exact) mass is 1220 g/mol. The molecule has 21 aromatic rings. The molecule has 0 unspecified atom stereocenters. The molecule has 2 aromatic heterocycles. The summed E-state index contributed by atoms with van der Waals surface area (Å²) in [6.45, 7) is 0. The Balaban J connectivity index is 0.713. The third-order valence-corrected chi connectivity index (χ3v) is 23.2. The summed E-state index contributed by atoms with van der Waals surface area (Å²) in [5, 5.41) is 33.1. The average Bonchev–Trinajstić information content (AvgIpc) is 0.814. The van der Waals surface area contributed by atoms with Gasteiger partial charge in [-0.1, -0.05) is 279 Å². The minimum absolute atomic E-state index is 1.20. The smallest absolute Gasteiger partial charge is 0.0433 e. The van der Waals surface area contributed by atoms with Crippen LogP contribution in [0.25, 0.3) is 214 Å². The zero-order valence-electron chi connectivity index (χ0n) is 50.8. The summed E-state index contributed by atoms with van der Waals surface area (Å²) in [5.41, 5.74) is 12.4. The van der Waals surface area contributed by atoms with Crippen molar-refractivity contribution in [2.24, 2.45) is 0 Å². The van der Waals surface area contributed by atoms with Crippen molar-refractivity contribution in [1.29, 1.82) is 0 Å². The maximum Gasteiger partial charge on any atom is 0.0433 e. The van der Waals surface area contributed by atoms with Gasteiger partial charge in [0.25, 0.3) is 0 Å². The van der Waals surface area contributed by atoms with E-state index in [4.69, 9.17) is 0 Å². The Morgan fingerprint density at radius 1 is 0.138 bits per heavy atom. The molecule has 0 atom stereocenters. The molecule has 432 valence electrons. The lowest BCUT2D eigenvalue weighted by atomic mass is 9.84. The highest BCUT2D eigenvalue weighted by atomic mass is 32.1. The fraction of sp³-hybridized carbons (Fsp3) is 0. The molecule has 21 rings (SSSR count). The largest absolute Gasteiger partial charge is 0.135 e. The molecule has 0 nitrogen and oxygen atoms in total. The summed E-state index contributed by atoms with van der Waals surface area (Å²) in [6.07, 6.45) is 0. The first-order chi connectivity index (χ1) is 46.6. The predicted molar refractivity (Wildman–Crippen MR) is 412 cm³/mol. The van der Waals surface area contributed by atoms with Crippen molar-refractivity contribution in [3.63, 3.8) is 0 Å². The zero-order valence-corrected chi connectivity index (χ0v) is 52.5. The van der Waals surface area contributed by atoms with E-state index < -0.39 is 0 Å². The molecule has 2 heteroatoms. The van der Waals surface area contributed by atoms with Crippen molar-refractivity contribution < 1.29 is 0 Å². The van der Waals surface area contributed by atoms with Gasteiger partial charge in [-0.2, -0.15) is 0 Å². The van der Waals surface area contributed by atoms with E-state index in [0.717, 1.165) is 0 Å². The van der Waals surface area contributed by atoms with Crippen LogP contribution in [0.2, 0.25) is 0 Å². The van der Waals surface area contributed by atoms with E-state index in [0.29, 0.717) is 0 Å². The highest BCUT2D eigenvalue weighted by molar-refractivity contribution is 7.27. The Bertz CT molecular complexity index is 6800. The topological polar surface area (TPSA) is 0 Å². The molecule has 19 aromatic carbocycles. The minimum Gasteiger partial charge on any atom is -0.135 e. The molecule has 0 amide bonds. The van der Waals surface area contributed by atoms with Crippen molar-refractivity contribution in [3.05, 3.63) is 315 Å². The normalized spacial score (nSPS) is 12.3. The van der Waals surface area contributed by atoms with Crippen molar-refractivity contribution >= 4 is 182 Å². The second kappa shape index (κ2) is 20.0. The molecule has 0 saturated heterocycles. The maximum atomic E-state index is 2.50. The van der Waals surface area contributed by atoms with Gasteiger partial charge >= 0.3 is 0 Å². The molecule has 0 aliphatic carbocycles. The molecule has 0 spiro atoms. The molecule has 0 aliphatic rings. The van der Waals surface area contributed by atoms with E-state index in [9.17, 15) is 0 Å². The van der Waals surface area contributed by atoms with Gasteiger partial charge in [-0.25, -0.2) is 0 Å². The fourth-order valence-electron chi connectivity index (χ4n) is 16.5. The number of thiophene rings is 2. The summed E-state index contributed by atoms with van der Waals surface area (Å²) >= 11 is 3.83. The van der Waals surface area contributed by atoms with Crippen LogP contribution in [0.1, 0.15) is 0 Å². The first-order valence-electron chi connectivity index (χ1n) is 32.5. The van der Waals surface area contributed by atoms with Gasteiger partial charge in [-0.3, -0.25) is 0 Å². The lowest BCUT2D eigenvalue weighted by Crippen LogP contribution is -1.91. The van der Waals surface area contributed by atoms with Crippen LogP contribution in [0.3, 0.4) is 0 Å². The van der Waals surface area contributed by atoms with E-state index in [1.807, 2.05) is 22.7 Å². The molecule has 0 radical (unpaired) electrons. The Labute approximate surface area is 548 Å². The molecule has 0 N–H and O–H groups in total. The second-order valence-electron chi connectivity index (χ2n) is 25.6. The summed E-state index contributed by atoms with van der Waals surface area (Å²) < 4.78 is 5.34. The number of fused-ring (bicyclic) bond motifs is 23. The van der Waals surface area contributed by atoms with Crippen LogP contribution in [0.5, 0.6) is 0 Å². The van der Waals surface area contributed by atoms with Crippen molar-refractivity contribution in [2.45, 2.75) is 0 Å². The van der Waals surface area contributed by atoms with Gasteiger partial charge in [-0.05, 0) is 211 Å². The van der Waals surface area contributed by atoms with Crippen LogP contribution in [-0.2, 0) is 0 Å². The lowest BCUT2D eigenvalue weighted by molar-refractivity contribution is 1.68. The second-order valence-corrected chi connectivity index (χ2v) is 27.7. The third-order valence-electron chi connectivity index (χ3n) is 20.8. The first-order valence-corrected chi connectivity index (χ1v) is 34.2. The van der Waals surface area contributed by atoms with Crippen molar-refractivity contribution in [1.82, 2.24) is 0 Å². The van der Waals surface area contributed by atoms with E-state index in [2.05, 4.69) is 315 Å². The zero-order chi connectivity index (χ0) is 61.3. The van der Waals surface area contributed by atoms with E-state index in [1.54, 1.807) is 0 Å². The number of rotatable bonds is 5. The summed E-state index contributed by atoms with van der Waals surface area (Å²) in [5.74, 6) is 0. The average molecular weight is 1220 g/mol. The summed E-state index contributed by atoms with van der Waals surface area (Å²) in [4.78, 5) is 0. The van der Waals surface area contributed by atoms with Crippen LogP contribution in [0.15, 0.2) is 315 Å². The molecular weight excluding hydrogens is 1170 g/mol. The Hall–Kier alpha value is -11.5. The Morgan fingerprint density at radius 2 is 0.372 bits per heavy atom. The summed E-state index contributed by atoms with van der Waals surface area (Å²) in [6, 6.07) is 120. The van der Waals surface area contributed by atoms with Gasteiger partial charge in [-0.15, -0.1) is 22.7 Å². The van der Waals surface area contributed by atoms with E-state index in [-0.39, 0.29) is 0 Å². The molecular formula is C92H52S2. The molecule has 0 fully saturated rings. The lowest BCUT2D eigenvalue weighted by Gasteiger charge is -2.19. The maximum absolute atomic E-state index is 2.50. The molecule has 0 saturated carbocycles. The van der Waals surface area contributed by atoms with Gasteiger partial charge in [0.15, 0.2) is 0 Å². The highest BCUT2D eigenvalue weighted by Gasteiger charge is 2.22. The fourth-order valence-corrected chi connectivity index (χ4v) is 19.1. The van der Waals surface area contributed by atoms with Gasteiger partial charge in [0.1, 0.15) is 0 Å². The summed E-state index contributed by atoms with van der Waals surface area (Å²) in [7, 11) is 0. The number of hydrogen-bond acceptors (Lipinski definition) is 2. The molecule has 0 aliphatic heterocycles. The van der Waals surface area contributed by atoms with E-state index in [1.165, 1.54) is 214 Å². The van der Waals surface area contributed by atoms with Gasteiger partial charge in [0.05, 0.1) is 0 Å². The van der Waals surface area contributed by atoms with Crippen LogP contribution < -0.4 is 0 Å². The molecule has 94 heavy (non-hydrogen) atoms. The van der Waals surface area contributed by atoms with Crippen molar-refractivity contribution in [3.8, 4) is 55.6 Å².